The van der Waals surface area contributed by atoms with Gasteiger partial charge in [0.2, 0.25) is 5.91 Å². The lowest BCUT2D eigenvalue weighted by Gasteiger charge is -2.34. The zero-order valence-electron chi connectivity index (χ0n) is 15.8. The van der Waals surface area contributed by atoms with Gasteiger partial charge in [0.05, 0.1) is 6.61 Å². The highest BCUT2D eigenvalue weighted by Gasteiger charge is 2.38. The van der Waals surface area contributed by atoms with E-state index in [1.807, 2.05) is 37.3 Å². The van der Waals surface area contributed by atoms with Crippen LogP contribution >= 0.6 is 0 Å². The second-order valence-corrected chi connectivity index (χ2v) is 7.30. The second kappa shape index (κ2) is 7.50. The van der Waals surface area contributed by atoms with Crippen LogP contribution < -0.4 is 10.1 Å². The van der Waals surface area contributed by atoms with Crippen LogP contribution in [0.15, 0.2) is 59.8 Å². The predicted molar refractivity (Wildman–Crippen MR) is 105 cm³/mol. The normalized spacial score (nSPS) is 21.9. The van der Waals surface area contributed by atoms with E-state index in [0.717, 1.165) is 16.8 Å². The van der Waals surface area contributed by atoms with Gasteiger partial charge in [0.25, 0.3) is 0 Å². The first-order valence-corrected chi connectivity index (χ1v) is 9.63. The Balaban J connectivity index is 1.71. The number of ketones is 1. The fourth-order valence-electron chi connectivity index (χ4n) is 4.22. The predicted octanol–water partition coefficient (Wildman–Crippen LogP) is 3.80. The molecule has 2 aromatic carbocycles. The zero-order chi connectivity index (χ0) is 19.7. The molecule has 1 heterocycles. The summed E-state index contributed by atoms with van der Waals surface area (Å²) in [4.78, 5) is 25.5. The highest BCUT2D eigenvalue weighted by Crippen LogP contribution is 2.43. The first-order chi connectivity index (χ1) is 13.6. The number of Topliss-reactive ketones (excluding diaryl/α,β-unsaturated/α-hetero) is 1. The van der Waals surface area contributed by atoms with Crippen LogP contribution in [0.25, 0.3) is 0 Å². The molecule has 2 unspecified atom stereocenters. The van der Waals surface area contributed by atoms with E-state index in [0.29, 0.717) is 30.8 Å². The van der Waals surface area contributed by atoms with Gasteiger partial charge in [-0.25, -0.2) is 0 Å². The Labute approximate surface area is 164 Å². The molecule has 2 N–H and O–H groups in total. The van der Waals surface area contributed by atoms with Gasteiger partial charge in [-0.2, -0.15) is 0 Å². The van der Waals surface area contributed by atoms with Crippen molar-refractivity contribution in [3.8, 4) is 11.5 Å². The molecule has 0 bridgehead atoms. The van der Waals surface area contributed by atoms with Crippen LogP contribution in [0.5, 0.6) is 11.5 Å². The molecule has 1 aliphatic heterocycles. The van der Waals surface area contributed by atoms with Crippen molar-refractivity contribution in [1.82, 2.24) is 5.32 Å². The number of amides is 1. The van der Waals surface area contributed by atoms with Crippen molar-refractivity contribution < 1.29 is 19.4 Å². The summed E-state index contributed by atoms with van der Waals surface area (Å²) >= 11 is 0. The molecule has 1 aliphatic carbocycles. The molecule has 0 spiro atoms. The Bertz CT molecular complexity index is 948. The molecule has 144 valence electrons. The van der Waals surface area contributed by atoms with Crippen molar-refractivity contribution in [1.29, 1.82) is 0 Å². The van der Waals surface area contributed by atoms with E-state index in [1.165, 1.54) is 0 Å². The average Bonchev–Trinajstić information content (AvgIpc) is 2.69. The van der Waals surface area contributed by atoms with E-state index in [9.17, 15) is 14.7 Å². The van der Waals surface area contributed by atoms with Crippen molar-refractivity contribution in [3.05, 3.63) is 70.9 Å². The average molecular weight is 377 g/mol. The third kappa shape index (κ3) is 3.40. The summed E-state index contributed by atoms with van der Waals surface area (Å²) in [5, 5.41) is 12.9. The summed E-state index contributed by atoms with van der Waals surface area (Å²) in [5.74, 6) is 0.179. The fraction of sp³-hybridized carbons (Fsp3) is 0.304. The summed E-state index contributed by atoms with van der Waals surface area (Å²) < 4.78 is 5.48. The van der Waals surface area contributed by atoms with Gasteiger partial charge in [0.15, 0.2) is 17.3 Å². The van der Waals surface area contributed by atoms with E-state index in [2.05, 4.69) is 5.32 Å². The Morgan fingerprint density at radius 2 is 1.82 bits per heavy atom. The molecular weight excluding hydrogens is 354 g/mol. The summed E-state index contributed by atoms with van der Waals surface area (Å²) in [6.07, 6.45) is 1.30. The molecule has 0 aromatic heterocycles. The molecular formula is C23H23NO4. The second-order valence-electron chi connectivity index (χ2n) is 7.30. The summed E-state index contributed by atoms with van der Waals surface area (Å²) in [6.45, 7) is 2.27. The molecule has 1 amide bonds. The van der Waals surface area contributed by atoms with Gasteiger partial charge in [-0.1, -0.05) is 36.4 Å². The number of hydrogen-bond acceptors (Lipinski definition) is 4. The van der Waals surface area contributed by atoms with E-state index < -0.39 is 0 Å². The van der Waals surface area contributed by atoms with Gasteiger partial charge >= 0.3 is 0 Å². The van der Waals surface area contributed by atoms with Crippen LogP contribution in [0.1, 0.15) is 49.1 Å². The molecule has 0 fully saturated rings. The maximum absolute atomic E-state index is 13.1. The van der Waals surface area contributed by atoms with Crippen LogP contribution in [-0.4, -0.2) is 23.4 Å². The fourth-order valence-corrected chi connectivity index (χ4v) is 4.22. The minimum atomic E-state index is -0.312. The van der Waals surface area contributed by atoms with E-state index in [1.54, 1.807) is 18.2 Å². The standard InChI is InChI=1S/C23H23NO4/c1-2-28-21-12-15(8-9-19(21)25)17-13-22(27)24-18-10-16(11-20(26)23(17)18)14-6-4-3-5-7-14/h3-9,12,16-17,25H,2,10-11,13H2,1H3,(H,24,27). The largest absolute Gasteiger partial charge is 0.504 e. The maximum atomic E-state index is 13.1. The topological polar surface area (TPSA) is 75.6 Å². The molecule has 2 atom stereocenters. The van der Waals surface area contributed by atoms with E-state index in [-0.39, 0.29) is 35.7 Å². The van der Waals surface area contributed by atoms with Crippen LogP contribution in [0.3, 0.4) is 0 Å². The number of hydrogen-bond donors (Lipinski definition) is 2. The molecule has 5 nitrogen and oxygen atoms in total. The van der Waals surface area contributed by atoms with Crippen molar-refractivity contribution in [2.45, 2.75) is 38.0 Å². The van der Waals surface area contributed by atoms with Gasteiger partial charge in [0, 0.05) is 30.0 Å². The third-order valence-electron chi connectivity index (χ3n) is 5.49. The van der Waals surface area contributed by atoms with Crippen LogP contribution in [0.2, 0.25) is 0 Å². The third-order valence-corrected chi connectivity index (χ3v) is 5.49. The number of nitrogens with one attached hydrogen (secondary N) is 1. The van der Waals surface area contributed by atoms with Gasteiger partial charge < -0.3 is 15.2 Å². The Hall–Kier alpha value is -3.08. The first kappa shape index (κ1) is 18.3. The molecule has 0 radical (unpaired) electrons. The quantitative estimate of drug-likeness (QED) is 0.850. The van der Waals surface area contributed by atoms with Crippen LogP contribution in [0.4, 0.5) is 0 Å². The van der Waals surface area contributed by atoms with Gasteiger partial charge in [0.1, 0.15) is 0 Å². The minimum Gasteiger partial charge on any atom is -0.504 e. The molecule has 2 aliphatic rings. The number of carbonyl (C=O) groups excluding carboxylic acids is 2. The number of carbonyl (C=O) groups is 2. The lowest BCUT2D eigenvalue weighted by molar-refractivity contribution is -0.122. The van der Waals surface area contributed by atoms with Crippen LogP contribution in [0, 0.1) is 0 Å². The minimum absolute atomic E-state index is 0.0548. The highest BCUT2D eigenvalue weighted by atomic mass is 16.5. The molecule has 28 heavy (non-hydrogen) atoms. The smallest absolute Gasteiger partial charge is 0.225 e. The van der Waals surface area contributed by atoms with E-state index >= 15 is 0 Å². The maximum Gasteiger partial charge on any atom is 0.225 e. The first-order valence-electron chi connectivity index (χ1n) is 9.63. The van der Waals surface area contributed by atoms with Gasteiger partial charge in [-0.05, 0) is 42.5 Å². The molecule has 0 saturated heterocycles. The highest BCUT2D eigenvalue weighted by molar-refractivity contribution is 6.02. The molecule has 5 heteroatoms. The molecule has 2 aromatic rings. The lowest BCUT2D eigenvalue weighted by atomic mass is 9.73. The van der Waals surface area contributed by atoms with E-state index in [4.69, 9.17) is 4.74 Å². The number of ether oxygens (including phenoxy) is 1. The number of phenols is 1. The molecule has 0 saturated carbocycles. The number of rotatable bonds is 4. The summed E-state index contributed by atoms with van der Waals surface area (Å²) in [5.41, 5.74) is 3.36. The zero-order valence-corrected chi connectivity index (χ0v) is 15.8. The van der Waals surface area contributed by atoms with Crippen LogP contribution in [-0.2, 0) is 9.59 Å². The number of phenolic OH excluding ortho intramolecular Hbond substituents is 1. The van der Waals surface area contributed by atoms with Crippen molar-refractivity contribution in [2.24, 2.45) is 0 Å². The van der Waals surface area contributed by atoms with Crippen molar-refractivity contribution >= 4 is 11.7 Å². The SMILES string of the molecule is CCOc1cc(C2CC(=O)NC3=C2C(=O)CC(c2ccccc2)C3)ccc1O. The monoisotopic (exact) mass is 377 g/mol. The van der Waals surface area contributed by atoms with Crippen molar-refractivity contribution in [2.75, 3.05) is 6.61 Å². The number of allylic oxidation sites excluding steroid dienone is 2. The Kier molecular flexibility index (Phi) is 4.90. The number of aromatic hydroxyl groups is 1. The Morgan fingerprint density at radius 1 is 1.04 bits per heavy atom. The van der Waals surface area contributed by atoms with Gasteiger partial charge in [-0.3, -0.25) is 9.59 Å². The summed E-state index contributed by atoms with van der Waals surface area (Å²) in [7, 11) is 0. The Morgan fingerprint density at radius 3 is 2.57 bits per heavy atom. The molecule has 4 rings (SSSR count). The number of benzene rings is 2. The van der Waals surface area contributed by atoms with Crippen molar-refractivity contribution in [3.63, 3.8) is 0 Å². The van der Waals surface area contributed by atoms with Gasteiger partial charge in [-0.15, -0.1) is 0 Å². The summed E-state index contributed by atoms with van der Waals surface area (Å²) in [6, 6.07) is 15.0. The lowest BCUT2D eigenvalue weighted by Crippen LogP contribution is -2.38.